The topological polar surface area (TPSA) is 12.0 Å². The molecule has 2 aromatic carbocycles. The maximum atomic E-state index is 3.66. The third kappa shape index (κ3) is 5.17. The summed E-state index contributed by atoms with van der Waals surface area (Å²) >= 11 is 5.52. The summed E-state index contributed by atoms with van der Waals surface area (Å²) in [7, 11) is 0. The van der Waals surface area contributed by atoms with E-state index in [9.17, 15) is 0 Å². The minimum Gasteiger partial charge on any atom is -0.309 e. The molecule has 0 spiro atoms. The summed E-state index contributed by atoms with van der Waals surface area (Å²) in [6, 6.07) is 17.7. The lowest BCUT2D eigenvalue weighted by molar-refractivity contribution is 0.577. The Kier molecular flexibility index (Phi) is 6.81. The zero-order valence-corrected chi connectivity index (χ0v) is 15.0. The average molecular weight is 364 g/mol. The molecule has 0 aromatic heterocycles. The molecule has 1 unspecified atom stereocenters. The maximum Gasteiger partial charge on any atom is 0.0415 e. The Bertz CT molecular complexity index is 553. The SMILES string of the molecule is CCCNC(CSc1ccccc1Br)c1ccc(C)cc1. The summed E-state index contributed by atoms with van der Waals surface area (Å²) in [5.74, 6) is 1.03. The van der Waals surface area contributed by atoms with Crippen LogP contribution in [0.1, 0.15) is 30.5 Å². The first kappa shape index (κ1) is 16.6. The molecule has 112 valence electrons. The maximum absolute atomic E-state index is 3.66. The van der Waals surface area contributed by atoms with Gasteiger partial charge in [-0.2, -0.15) is 0 Å². The van der Waals surface area contributed by atoms with Crippen molar-refractivity contribution in [1.82, 2.24) is 5.32 Å². The number of hydrogen-bond acceptors (Lipinski definition) is 2. The molecule has 0 aliphatic rings. The van der Waals surface area contributed by atoms with Gasteiger partial charge in [0.25, 0.3) is 0 Å². The minimum atomic E-state index is 0.391. The van der Waals surface area contributed by atoms with Crippen LogP contribution in [0, 0.1) is 6.92 Å². The number of rotatable bonds is 7. The fraction of sp³-hybridized carbons (Fsp3) is 0.333. The average Bonchev–Trinajstić information content (AvgIpc) is 2.50. The third-order valence-electron chi connectivity index (χ3n) is 3.36. The smallest absolute Gasteiger partial charge is 0.0415 e. The van der Waals surface area contributed by atoms with E-state index in [2.05, 4.69) is 83.6 Å². The first-order valence-corrected chi connectivity index (χ1v) is 9.16. The van der Waals surface area contributed by atoms with E-state index in [1.807, 2.05) is 11.8 Å². The van der Waals surface area contributed by atoms with Crippen LogP contribution in [0.4, 0.5) is 0 Å². The molecule has 2 aromatic rings. The lowest BCUT2D eigenvalue weighted by atomic mass is 10.1. The Morgan fingerprint density at radius 3 is 2.48 bits per heavy atom. The molecule has 1 nitrogen and oxygen atoms in total. The molecule has 0 saturated heterocycles. The highest BCUT2D eigenvalue weighted by Gasteiger charge is 2.12. The molecule has 2 rings (SSSR count). The van der Waals surface area contributed by atoms with Crippen molar-refractivity contribution in [3.63, 3.8) is 0 Å². The third-order valence-corrected chi connectivity index (χ3v) is 5.48. The molecule has 0 amide bonds. The van der Waals surface area contributed by atoms with E-state index in [1.54, 1.807) is 0 Å². The Morgan fingerprint density at radius 2 is 1.81 bits per heavy atom. The van der Waals surface area contributed by atoms with Crippen LogP contribution in [0.25, 0.3) is 0 Å². The Hall–Kier alpha value is -0.770. The highest BCUT2D eigenvalue weighted by Crippen LogP contribution is 2.30. The number of aryl methyl sites for hydroxylation is 1. The van der Waals surface area contributed by atoms with Gasteiger partial charge in [0.2, 0.25) is 0 Å². The Labute approximate surface area is 140 Å². The largest absolute Gasteiger partial charge is 0.309 e. The Morgan fingerprint density at radius 1 is 1.10 bits per heavy atom. The van der Waals surface area contributed by atoms with Crippen LogP contribution in [0.2, 0.25) is 0 Å². The number of thioether (sulfide) groups is 1. The predicted molar refractivity (Wildman–Crippen MR) is 97.1 cm³/mol. The molecule has 0 fully saturated rings. The van der Waals surface area contributed by atoms with Gasteiger partial charge in [-0.25, -0.2) is 0 Å². The standard InChI is InChI=1S/C18H22BrNS/c1-3-12-20-17(15-10-8-14(2)9-11-15)13-21-18-7-5-4-6-16(18)19/h4-11,17,20H,3,12-13H2,1-2H3. The molecule has 1 N–H and O–H groups in total. The molecule has 0 aliphatic heterocycles. The second-order valence-corrected chi connectivity index (χ2v) is 7.07. The molecule has 0 aliphatic carbocycles. The van der Waals surface area contributed by atoms with Crippen LogP contribution in [-0.2, 0) is 0 Å². The van der Waals surface area contributed by atoms with Crippen molar-refractivity contribution in [2.45, 2.75) is 31.2 Å². The second-order valence-electron chi connectivity index (χ2n) is 5.16. The van der Waals surface area contributed by atoms with E-state index in [4.69, 9.17) is 0 Å². The molecule has 0 heterocycles. The van der Waals surface area contributed by atoms with Gasteiger partial charge in [-0.05, 0) is 53.5 Å². The molecule has 3 heteroatoms. The van der Waals surface area contributed by atoms with Crippen molar-refractivity contribution in [1.29, 1.82) is 0 Å². The number of benzene rings is 2. The van der Waals surface area contributed by atoms with Crippen molar-refractivity contribution in [2.24, 2.45) is 0 Å². The summed E-state index contributed by atoms with van der Waals surface area (Å²) in [6.07, 6.45) is 1.15. The summed E-state index contributed by atoms with van der Waals surface area (Å²) in [5, 5.41) is 3.66. The van der Waals surface area contributed by atoms with Gasteiger partial charge in [0.05, 0.1) is 0 Å². The van der Waals surface area contributed by atoms with E-state index in [0.29, 0.717) is 6.04 Å². The lowest BCUT2D eigenvalue weighted by Crippen LogP contribution is -2.24. The Balaban J connectivity index is 2.06. The van der Waals surface area contributed by atoms with Crippen molar-refractivity contribution in [3.05, 3.63) is 64.1 Å². The number of hydrogen-bond donors (Lipinski definition) is 1. The normalized spacial score (nSPS) is 12.3. The van der Waals surface area contributed by atoms with Gasteiger partial charge in [-0.3, -0.25) is 0 Å². The van der Waals surface area contributed by atoms with Gasteiger partial charge in [0.1, 0.15) is 0 Å². The van der Waals surface area contributed by atoms with E-state index >= 15 is 0 Å². The van der Waals surface area contributed by atoms with E-state index in [0.717, 1.165) is 18.7 Å². The van der Waals surface area contributed by atoms with Crippen molar-refractivity contribution in [2.75, 3.05) is 12.3 Å². The van der Waals surface area contributed by atoms with Gasteiger partial charge >= 0.3 is 0 Å². The van der Waals surface area contributed by atoms with Crippen LogP contribution in [0.3, 0.4) is 0 Å². The van der Waals surface area contributed by atoms with Crippen molar-refractivity contribution in [3.8, 4) is 0 Å². The quantitative estimate of drug-likeness (QED) is 0.643. The first-order chi connectivity index (χ1) is 10.2. The van der Waals surface area contributed by atoms with Crippen LogP contribution in [-0.4, -0.2) is 12.3 Å². The summed E-state index contributed by atoms with van der Waals surface area (Å²) < 4.78 is 1.17. The highest BCUT2D eigenvalue weighted by atomic mass is 79.9. The monoisotopic (exact) mass is 363 g/mol. The summed E-state index contributed by atoms with van der Waals surface area (Å²) in [5.41, 5.74) is 2.68. The number of nitrogens with one attached hydrogen (secondary N) is 1. The lowest BCUT2D eigenvalue weighted by Gasteiger charge is -2.19. The zero-order chi connectivity index (χ0) is 15.1. The van der Waals surface area contributed by atoms with E-state index in [-0.39, 0.29) is 0 Å². The molecule has 0 bridgehead atoms. The van der Waals surface area contributed by atoms with Gasteiger partial charge in [0, 0.05) is 21.2 Å². The molecule has 21 heavy (non-hydrogen) atoms. The van der Waals surface area contributed by atoms with E-state index in [1.165, 1.54) is 20.5 Å². The fourth-order valence-electron chi connectivity index (χ4n) is 2.13. The summed E-state index contributed by atoms with van der Waals surface area (Å²) in [6.45, 7) is 5.39. The van der Waals surface area contributed by atoms with Gasteiger partial charge < -0.3 is 5.32 Å². The minimum absolute atomic E-state index is 0.391. The number of halogens is 1. The van der Waals surface area contributed by atoms with Gasteiger partial charge in [0.15, 0.2) is 0 Å². The zero-order valence-electron chi connectivity index (χ0n) is 12.6. The van der Waals surface area contributed by atoms with Crippen molar-refractivity contribution >= 4 is 27.7 Å². The van der Waals surface area contributed by atoms with Gasteiger partial charge in [-0.15, -0.1) is 11.8 Å². The first-order valence-electron chi connectivity index (χ1n) is 7.38. The van der Waals surface area contributed by atoms with Crippen LogP contribution >= 0.6 is 27.7 Å². The predicted octanol–water partition coefficient (Wildman–Crippen LogP) is 5.59. The van der Waals surface area contributed by atoms with Gasteiger partial charge in [-0.1, -0.05) is 48.9 Å². The highest BCUT2D eigenvalue weighted by molar-refractivity contribution is 9.10. The molecule has 1 atom stereocenters. The molecule has 0 saturated carbocycles. The molecule has 0 radical (unpaired) electrons. The van der Waals surface area contributed by atoms with Crippen LogP contribution in [0.15, 0.2) is 57.9 Å². The summed E-state index contributed by atoms with van der Waals surface area (Å²) in [4.78, 5) is 1.30. The fourth-order valence-corrected chi connectivity index (χ4v) is 3.79. The van der Waals surface area contributed by atoms with Crippen molar-refractivity contribution < 1.29 is 0 Å². The molecular weight excluding hydrogens is 342 g/mol. The molecular formula is C18H22BrNS. The van der Waals surface area contributed by atoms with Crippen LogP contribution in [0.5, 0.6) is 0 Å². The van der Waals surface area contributed by atoms with Crippen LogP contribution < -0.4 is 5.32 Å². The van der Waals surface area contributed by atoms with E-state index < -0.39 is 0 Å². The second kappa shape index (κ2) is 8.62.